The molecule has 5 nitrogen and oxygen atoms in total. The molecule has 0 saturated carbocycles. The van der Waals surface area contributed by atoms with Gasteiger partial charge in [0.15, 0.2) is 5.82 Å². The van der Waals surface area contributed by atoms with Gasteiger partial charge in [0.25, 0.3) is 0 Å². The molecule has 5 heteroatoms. The Morgan fingerprint density at radius 3 is 3.13 bits per heavy atom. The second-order valence-electron chi connectivity index (χ2n) is 3.27. The Balaban J connectivity index is 2.41. The molecule has 1 unspecified atom stereocenters. The summed E-state index contributed by atoms with van der Waals surface area (Å²) in [6, 6.07) is 1.71. The fourth-order valence-corrected chi connectivity index (χ4v) is 1.32. The van der Waals surface area contributed by atoms with Crippen molar-refractivity contribution in [2.45, 2.75) is 19.4 Å². The number of rotatable bonds is 3. The summed E-state index contributed by atoms with van der Waals surface area (Å²) in [7, 11) is 0. The third kappa shape index (κ3) is 1.73. The first-order chi connectivity index (χ1) is 7.22. The second-order valence-corrected chi connectivity index (χ2v) is 3.27. The zero-order valence-corrected chi connectivity index (χ0v) is 8.27. The number of aliphatic hydroxyl groups is 1. The lowest BCUT2D eigenvalue weighted by Gasteiger charge is -2.02. The van der Waals surface area contributed by atoms with Crippen molar-refractivity contribution < 1.29 is 9.90 Å². The quantitative estimate of drug-likeness (QED) is 0.730. The van der Waals surface area contributed by atoms with E-state index in [4.69, 9.17) is 0 Å². The number of hydrogen-bond acceptors (Lipinski definition) is 4. The number of fused-ring (bicyclic) bond motifs is 1. The Morgan fingerprint density at radius 2 is 2.47 bits per heavy atom. The molecule has 2 aromatic heterocycles. The highest BCUT2D eigenvalue weighted by Gasteiger charge is 2.18. The standard InChI is InChI=1S/C10H11N3O2/c1-2-8(14)9(15)10-12-6-3-4-11-5-7(6)13-10/h3-5,8,14H,2H2,1H3,(H,12,13). The molecule has 0 saturated heterocycles. The van der Waals surface area contributed by atoms with E-state index in [1.807, 2.05) is 0 Å². The van der Waals surface area contributed by atoms with Crippen LogP contribution in [0.1, 0.15) is 24.0 Å². The predicted molar refractivity (Wildman–Crippen MR) is 54.5 cm³/mol. The van der Waals surface area contributed by atoms with Crippen LogP contribution in [0.4, 0.5) is 0 Å². The summed E-state index contributed by atoms with van der Waals surface area (Å²) in [5, 5.41) is 9.38. The van der Waals surface area contributed by atoms with Crippen LogP contribution in [-0.2, 0) is 0 Å². The van der Waals surface area contributed by atoms with Crippen molar-refractivity contribution in [1.82, 2.24) is 15.0 Å². The van der Waals surface area contributed by atoms with Crippen LogP contribution in [0, 0.1) is 0 Å². The van der Waals surface area contributed by atoms with Crippen molar-refractivity contribution in [1.29, 1.82) is 0 Å². The Bertz CT molecular complexity index is 459. The number of ketones is 1. The predicted octanol–water partition coefficient (Wildman–Crippen LogP) is 0.911. The normalized spacial score (nSPS) is 12.9. The van der Waals surface area contributed by atoms with Gasteiger partial charge in [-0.3, -0.25) is 9.78 Å². The first kappa shape index (κ1) is 9.79. The highest BCUT2D eigenvalue weighted by atomic mass is 16.3. The number of hydrogen-bond donors (Lipinski definition) is 2. The molecular formula is C10H11N3O2. The molecule has 0 radical (unpaired) electrons. The first-order valence-electron chi connectivity index (χ1n) is 4.74. The van der Waals surface area contributed by atoms with Gasteiger partial charge in [-0.2, -0.15) is 0 Å². The molecule has 0 amide bonds. The minimum atomic E-state index is -0.987. The van der Waals surface area contributed by atoms with Gasteiger partial charge in [0.05, 0.1) is 17.2 Å². The highest BCUT2D eigenvalue weighted by Crippen LogP contribution is 2.10. The van der Waals surface area contributed by atoms with Crippen LogP contribution in [0.5, 0.6) is 0 Å². The monoisotopic (exact) mass is 205 g/mol. The second kappa shape index (κ2) is 3.78. The molecule has 78 valence electrons. The van der Waals surface area contributed by atoms with Gasteiger partial charge in [0.1, 0.15) is 6.10 Å². The van der Waals surface area contributed by atoms with Crippen LogP contribution in [0.2, 0.25) is 0 Å². The smallest absolute Gasteiger partial charge is 0.226 e. The van der Waals surface area contributed by atoms with Crippen LogP contribution in [-0.4, -0.2) is 31.9 Å². The van der Waals surface area contributed by atoms with Gasteiger partial charge in [-0.05, 0) is 12.5 Å². The lowest BCUT2D eigenvalue weighted by Crippen LogP contribution is -2.20. The average molecular weight is 205 g/mol. The van der Waals surface area contributed by atoms with E-state index in [0.29, 0.717) is 17.5 Å². The lowest BCUT2D eigenvalue weighted by atomic mass is 10.2. The zero-order valence-electron chi connectivity index (χ0n) is 8.27. The number of nitrogens with one attached hydrogen (secondary N) is 1. The van der Waals surface area contributed by atoms with Crippen molar-refractivity contribution in [3.63, 3.8) is 0 Å². The molecule has 0 spiro atoms. The molecule has 0 fully saturated rings. The van der Waals surface area contributed by atoms with E-state index in [1.54, 1.807) is 25.4 Å². The summed E-state index contributed by atoms with van der Waals surface area (Å²) < 4.78 is 0. The molecule has 0 aliphatic heterocycles. The number of Topliss-reactive ketones (excluding diaryl/α,β-unsaturated/α-hetero) is 1. The Hall–Kier alpha value is -1.75. The van der Waals surface area contributed by atoms with Gasteiger partial charge in [-0.25, -0.2) is 4.98 Å². The summed E-state index contributed by atoms with van der Waals surface area (Å²) in [5.74, 6) is -0.193. The number of aromatic nitrogens is 3. The van der Waals surface area contributed by atoms with Crippen molar-refractivity contribution in [3.05, 3.63) is 24.3 Å². The van der Waals surface area contributed by atoms with Gasteiger partial charge in [0, 0.05) is 6.20 Å². The van der Waals surface area contributed by atoms with Gasteiger partial charge in [0.2, 0.25) is 5.78 Å². The molecule has 2 rings (SSSR count). The maximum atomic E-state index is 11.6. The van der Waals surface area contributed by atoms with E-state index in [-0.39, 0.29) is 11.6 Å². The molecule has 2 aromatic rings. The number of H-pyrrole nitrogens is 1. The number of imidazole rings is 1. The molecule has 0 aromatic carbocycles. The number of pyridine rings is 1. The van der Waals surface area contributed by atoms with E-state index in [0.717, 1.165) is 0 Å². The van der Waals surface area contributed by atoms with E-state index in [9.17, 15) is 9.90 Å². The fourth-order valence-electron chi connectivity index (χ4n) is 1.32. The number of aromatic amines is 1. The number of nitrogens with zero attached hydrogens (tertiary/aromatic N) is 2. The van der Waals surface area contributed by atoms with Gasteiger partial charge >= 0.3 is 0 Å². The summed E-state index contributed by atoms with van der Waals surface area (Å²) >= 11 is 0. The summed E-state index contributed by atoms with van der Waals surface area (Å²) in [4.78, 5) is 22.4. The SMILES string of the molecule is CCC(O)C(=O)c1nc2ccncc2[nH]1. The number of carbonyl (C=O) groups excluding carboxylic acids is 1. The summed E-state index contributed by atoms with van der Waals surface area (Å²) in [6.45, 7) is 1.74. The Kier molecular flexibility index (Phi) is 2.47. The van der Waals surface area contributed by atoms with Gasteiger partial charge in [-0.15, -0.1) is 0 Å². The number of aliphatic hydroxyl groups excluding tert-OH is 1. The largest absolute Gasteiger partial charge is 0.385 e. The number of carbonyl (C=O) groups is 1. The zero-order chi connectivity index (χ0) is 10.8. The molecular weight excluding hydrogens is 194 g/mol. The van der Waals surface area contributed by atoms with E-state index in [2.05, 4.69) is 15.0 Å². The third-order valence-electron chi connectivity index (χ3n) is 2.21. The van der Waals surface area contributed by atoms with Crippen LogP contribution in [0.15, 0.2) is 18.5 Å². The minimum absolute atomic E-state index is 0.187. The van der Waals surface area contributed by atoms with Crippen molar-refractivity contribution in [3.8, 4) is 0 Å². The summed E-state index contributed by atoms with van der Waals surface area (Å²) in [6.07, 6.45) is 2.60. The van der Waals surface area contributed by atoms with Crippen LogP contribution in [0.25, 0.3) is 11.0 Å². The van der Waals surface area contributed by atoms with Crippen LogP contribution < -0.4 is 0 Å². The molecule has 0 bridgehead atoms. The molecule has 2 heterocycles. The molecule has 0 aliphatic carbocycles. The molecule has 2 N–H and O–H groups in total. The average Bonchev–Trinajstić information content (AvgIpc) is 2.70. The fraction of sp³-hybridized carbons (Fsp3) is 0.300. The van der Waals surface area contributed by atoms with Crippen LogP contribution in [0.3, 0.4) is 0 Å². The van der Waals surface area contributed by atoms with E-state index < -0.39 is 6.10 Å². The maximum Gasteiger partial charge on any atom is 0.226 e. The minimum Gasteiger partial charge on any atom is -0.385 e. The lowest BCUT2D eigenvalue weighted by molar-refractivity contribution is 0.0731. The molecule has 15 heavy (non-hydrogen) atoms. The summed E-state index contributed by atoms with van der Waals surface area (Å²) in [5.41, 5.74) is 1.38. The van der Waals surface area contributed by atoms with Gasteiger partial charge < -0.3 is 10.1 Å². The Labute approximate surface area is 86.2 Å². The third-order valence-corrected chi connectivity index (χ3v) is 2.21. The molecule has 0 aliphatic rings. The first-order valence-corrected chi connectivity index (χ1v) is 4.74. The van der Waals surface area contributed by atoms with Crippen molar-refractivity contribution >= 4 is 16.8 Å². The van der Waals surface area contributed by atoms with E-state index >= 15 is 0 Å². The van der Waals surface area contributed by atoms with Gasteiger partial charge in [-0.1, -0.05) is 6.92 Å². The highest BCUT2D eigenvalue weighted by molar-refractivity contribution is 5.98. The van der Waals surface area contributed by atoms with Crippen molar-refractivity contribution in [2.75, 3.05) is 0 Å². The Morgan fingerprint density at radius 1 is 1.67 bits per heavy atom. The van der Waals surface area contributed by atoms with Crippen LogP contribution >= 0.6 is 0 Å². The molecule has 1 atom stereocenters. The van der Waals surface area contributed by atoms with E-state index in [1.165, 1.54) is 0 Å². The maximum absolute atomic E-state index is 11.6. The topological polar surface area (TPSA) is 78.9 Å². The van der Waals surface area contributed by atoms with Crippen molar-refractivity contribution in [2.24, 2.45) is 0 Å².